The van der Waals surface area contributed by atoms with E-state index in [1.165, 1.54) is 25.1 Å². The highest BCUT2D eigenvalue weighted by molar-refractivity contribution is 5.78. The Morgan fingerprint density at radius 2 is 2.33 bits per heavy atom. The van der Waals surface area contributed by atoms with Crippen molar-refractivity contribution in [1.29, 1.82) is 0 Å². The number of hydrogen-bond acceptors (Lipinski definition) is 3. The van der Waals surface area contributed by atoms with E-state index in [9.17, 15) is 14.3 Å². The first-order chi connectivity index (χ1) is 8.56. The van der Waals surface area contributed by atoms with Crippen LogP contribution in [0.25, 0.3) is 0 Å². The van der Waals surface area contributed by atoms with Crippen LogP contribution in [0.3, 0.4) is 0 Å². The second-order valence-electron chi connectivity index (χ2n) is 4.49. The minimum absolute atomic E-state index is 0.123. The molecule has 1 amide bonds. The first kappa shape index (κ1) is 12.8. The van der Waals surface area contributed by atoms with Crippen LogP contribution >= 0.6 is 0 Å². The number of aliphatic hydroxyl groups excluding tert-OH is 1. The minimum atomic E-state index is -0.845. The van der Waals surface area contributed by atoms with Gasteiger partial charge in [0, 0.05) is 11.6 Å². The summed E-state index contributed by atoms with van der Waals surface area (Å²) in [5, 5.41) is 12.3. The van der Waals surface area contributed by atoms with Crippen LogP contribution in [-0.4, -0.2) is 23.7 Å². The molecule has 1 saturated carbocycles. The lowest BCUT2D eigenvalue weighted by atomic mass is 10.1. The molecule has 0 radical (unpaired) electrons. The fraction of sp³-hybridized carbons (Fsp3) is 0.462. The van der Waals surface area contributed by atoms with E-state index in [0.717, 1.165) is 12.8 Å². The van der Waals surface area contributed by atoms with Crippen molar-refractivity contribution in [2.75, 3.05) is 6.61 Å². The fourth-order valence-corrected chi connectivity index (χ4v) is 1.62. The molecule has 4 nitrogen and oxygen atoms in total. The Morgan fingerprint density at radius 1 is 1.61 bits per heavy atom. The molecule has 0 spiro atoms. The first-order valence-corrected chi connectivity index (χ1v) is 5.96. The van der Waals surface area contributed by atoms with Crippen LogP contribution in [0.15, 0.2) is 18.2 Å². The van der Waals surface area contributed by atoms with Crippen LogP contribution in [0.1, 0.15) is 31.4 Å². The number of amides is 1. The number of carbonyl (C=O) groups excluding carboxylic acids is 1. The van der Waals surface area contributed by atoms with Gasteiger partial charge in [-0.25, -0.2) is 4.39 Å². The zero-order valence-corrected chi connectivity index (χ0v) is 10.1. The van der Waals surface area contributed by atoms with Gasteiger partial charge in [0.2, 0.25) is 0 Å². The van der Waals surface area contributed by atoms with Crippen molar-refractivity contribution >= 4 is 5.91 Å². The molecule has 5 heteroatoms. The largest absolute Gasteiger partial charge is 0.483 e. The van der Waals surface area contributed by atoms with Gasteiger partial charge in [-0.05, 0) is 38.0 Å². The molecular formula is C13H16FNO3. The summed E-state index contributed by atoms with van der Waals surface area (Å²) in [4.78, 5) is 11.4. The van der Waals surface area contributed by atoms with Gasteiger partial charge in [-0.2, -0.15) is 0 Å². The number of ether oxygens (including phenoxy) is 1. The SMILES string of the molecule is C[C@@H](O)c1cc(F)ccc1OCC(=O)NC1CC1. The summed E-state index contributed by atoms with van der Waals surface area (Å²) in [5.74, 6) is -0.309. The highest BCUT2D eigenvalue weighted by Gasteiger charge is 2.23. The predicted molar refractivity (Wildman–Crippen MR) is 63.7 cm³/mol. The molecule has 0 aromatic heterocycles. The van der Waals surface area contributed by atoms with Crippen LogP contribution in [0.2, 0.25) is 0 Å². The van der Waals surface area contributed by atoms with Crippen molar-refractivity contribution in [1.82, 2.24) is 5.32 Å². The fourth-order valence-electron chi connectivity index (χ4n) is 1.62. The zero-order valence-electron chi connectivity index (χ0n) is 10.1. The Bertz CT molecular complexity index is 444. The third kappa shape index (κ3) is 3.43. The van der Waals surface area contributed by atoms with Gasteiger partial charge in [-0.1, -0.05) is 0 Å². The van der Waals surface area contributed by atoms with E-state index in [1.807, 2.05) is 0 Å². The van der Waals surface area contributed by atoms with Gasteiger partial charge in [0.1, 0.15) is 11.6 Å². The van der Waals surface area contributed by atoms with Crippen molar-refractivity contribution in [3.05, 3.63) is 29.6 Å². The third-order valence-electron chi connectivity index (χ3n) is 2.72. The Labute approximate surface area is 105 Å². The minimum Gasteiger partial charge on any atom is -0.483 e. The smallest absolute Gasteiger partial charge is 0.258 e. The molecule has 1 aromatic rings. The highest BCUT2D eigenvalue weighted by Crippen LogP contribution is 2.26. The van der Waals surface area contributed by atoms with E-state index >= 15 is 0 Å². The van der Waals surface area contributed by atoms with E-state index in [1.54, 1.807) is 0 Å². The molecule has 2 rings (SSSR count). The van der Waals surface area contributed by atoms with Gasteiger partial charge in [0.05, 0.1) is 6.10 Å². The molecule has 18 heavy (non-hydrogen) atoms. The summed E-state index contributed by atoms with van der Waals surface area (Å²) in [6.07, 6.45) is 1.18. The summed E-state index contributed by atoms with van der Waals surface area (Å²) in [6.45, 7) is 1.40. The molecule has 0 aliphatic heterocycles. The van der Waals surface area contributed by atoms with Gasteiger partial charge < -0.3 is 15.2 Å². The Kier molecular flexibility index (Phi) is 3.81. The number of carbonyl (C=O) groups is 1. The molecule has 1 aliphatic rings. The Balaban J connectivity index is 1.96. The van der Waals surface area contributed by atoms with Crippen LogP contribution in [-0.2, 0) is 4.79 Å². The normalized spacial score (nSPS) is 16.2. The van der Waals surface area contributed by atoms with Crippen LogP contribution < -0.4 is 10.1 Å². The first-order valence-electron chi connectivity index (χ1n) is 5.96. The molecule has 2 N–H and O–H groups in total. The van der Waals surface area contributed by atoms with Gasteiger partial charge in [0.25, 0.3) is 5.91 Å². The number of halogens is 1. The van der Waals surface area contributed by atoms with Crippen LogP contribution in [0.4, 0.5) is 4.39 Å². The standard InChI is InChI=1S/C13H16FNO3/c1-8(16)11-6-9(14)2-5-12(11)18-7-13(17)15-10-3-4-10/h2,5-6,8,10,16H,3-4,7H2,1H3,(H,15,17)/t8-/m1/s1. The van der Waals surface area contributed by atoms with Gasteiger partial charge in [-0.15, -0.1) is 0 Å². The predicted octanol–water partition coefficient (Wildman–Crippen LogP) is 1.54. The molecule has 1 atom stereocenters. The molecular weight excluding hydrogens is 237 g/mol. The number of benzene rings is 1. The molecule has 0 heterocycles. The van der Waals surface area contributed by atoms with E-state index in [0.29, 0.717) is 11.3 Å². The molecule has 1 aliphatic carbocycles. The van der Waals surface area contributed by atoms with Crippen molar-refractivity contribution in [3.63, 3.8) is 0 Å². The molecule has 98 valence electrons. The van der Waals surface area contributed by atoms with E-state index in [-0.39, 0.29) is 18.6 Å². The second-order valence-corrected chi connectivity index (χ2v) is 4.49. The number of aliphatic hydroxyl groups is 1. The lowest BCUT2D eigenvalue weighted by Gasteiger charge is -2.13. The van der Waals surface area contributed by atoms with Crippen molar-refractivity contribution in [2.24, 2.45) is 0 Å². The lowest BCUT2D eigenvalue weighted by Crippen LogP contribution is -2.30. The Hall–Kier alpha value is -1.62. The van der Waals surface area contributed by atoms with Gasteiger partial charge in [-0.3, -0.25) is 4.79 Å². The van der Waals surface area contributed by atoms with Crippen LogP contribution in [0, 0.1) is 5.82 Å². The third-order valence-corrected chi connectivity index (χ3v) is 2.72. The van der Waals surface area contributed by atoms with E-state index in [2.05, 4.69) is 5.32 Å². The summed E-state index contributed by atoms with van der Waals surface area (Å²) in [7, 11) is 0. The molecule has 1 aromatic carbocycles. The highest BCUT2D eigenvalue weighted by atomic mass is 19.1. The summed E-state index contributed by atoms with van der Waals surface area (Å²) >= 11 is 0. The quantitative estimate of drug-likeness (QED) is 0.836. The van der Waals surface area contributed by atoms with Crippen molar-refractivity contribution in [3.8, 4) is 5.75 Å². The second kappa shape index (κ2) is 5.35. The maximum atomic E-state index is 13.0. The summed E-state index contributed by atoms with van der Waals surface area (Å²) in [5.41, 5.74) is 0.342. The topological polar surface area (TPSA) is 58.6 Å². The number of nitrogens with one attached hydrogen (secondary N) is 1. The number of hydrogen-bond donors (Lipinski definition) is 2. The zero-order chi connectivity index (χ0) is 13.1. The van der Waals surface area contributed by atoms with Crippen LogP contribution in [0.5, 0.6) is 5.75 Å². The molecule has 1 fully saturated rings. The maximum Gasteiger partial charge on any atom is 0.258 e. The lowest BCUT2D eigenvalue weighted by molar-refractivity contribution is -0.123. The van der Waals surface area contributed by atoms with Gasteiger partial charge in [0.15, 0.2) is 6.61 Å². The average Bonchev–Trinajstić information content (AvgIpc) is 3.11. The van der Waals surface area contributed by atoms with Crippen molar-refractivity contribution < 1.29 is 19.0 Å². The number of rotatable bonds is 5. The monoisotopic (exact) mass is 253 g/mol. The maximum absolute atomic E-state index is 13.0. The van der Waals surface area contributed by atoms with Gasteiger partial charge >= 0.3 is 0 Å². The summed E-state index contributed by atoms with van der Waals surface area (Å²) < 4.78 is 18.3. The average molecular weight is 253 g/mol. The molecule has 0 bridgehead atoms. The van der Waals surface area contributed by atoms with E-state index in [4.69, 9.17) is 4.74 Å². The molecule has 0 unspecified atom stereocenters. The Morgan fingerprint density at radius 3 is 2.94 bits per heavy atom. The molecule has 0 saturated heterocycles. The summed E-state index contributed by atoms with van der Waals surface area (Å²) in [6, 6.07) is 4.14. The van der Waals surface area contributed by atoms with E-state index < -0.39 is 11.9 Å². The van der Waals surface area contributed by atoms with Crippen molar-refractivity contribution in [2.45, 2.75) is 31.9 Å².